The van der Waals surface area contributed by atoms with Gasteiger partial charge in [-0.15, -0.1) is 0 Å². The van der Waals surface area contributed by atoms with E-state index in [0.29, 0.717) is 5.92 Å². The number of benzene rings is 1. The molecule has 4 heteroatoms. The van der Waals surface area contributed by atoms with Crippen LogP contribution in [0.5, 0.6) is 0 Å². The predicted octanol–water partition coefficient (Wildman–Crippen LogP) is 2.67. The van der Waals surface area contributed by atoms with Gasteiger partial charge in [0.2, 0.25) is 0 Å². The number of aromatic nitrogens is 2. The topological polar surface area (TPSA) is 44.9 Å². The van der Waals surface area contributed by atoms with Crippen LogP contribution in [0.3, 0.4) is 0 Å². The Balaban J connectivity index is 1.69. The van der Waals surface area contributed by atoms with Gasteiger partial charge in [-0.1, -0.05) is 12.1 Å². The van der Waals surface area contributed by atoms with Crippen molar-refractivity contribution >= 4 is 0 Å². The molecule has 108 valence electrons. The Bertz CT molecular complexity index is 653. The van der Waals surface area contributed by atoms with E-state index in [0.717, 1.165) is 25.2 Å². The second-order valence-electron chi connectivity index (χ2n) is 5.78. The van der Waals surface area contributed by atoms with Crippen LogP contribution in [0.1, 0.15) is 35.7 Å². The van der Waals surface area contributed by atoms with Gasteiger partial charge in [0.05, 0.1) is 11.6 Å². The van der Waals surface area contributed by atoms with E-state index in [1.165, 1.54) is 24.2 Å². The molecule has 1 saturated heterocycles. The van der Waals surface area contributed by atoms with Crippen molar-refractivity contribution in [2.75, 3.05) is 13.1 Å². The van der Waals surface area contributed by atoms with Crippen molar-refractivity contribution < 1.29 is 0 Å². The Morgan fingerprint density at radius 2 is 2.33 bits per heavy atom. The summed E-state index contributed by atoms with van der Waals surface area (Å²) in [4.78, 5) is 6.97. The highest BCUT2D eigenvalue weighted by Gasteiger charge is 2.23. The molecule has 0 spiro atoms. The molecule has 2 heterocycles. The smallest absolute Gasteiger partial charge is 0.112 e. The molecule has 0 radical (unpaired) electrons. The summed E-state index contributed by atoms with van der Waals surface area (Å²) in [5.74, 6) is 1.70. The summed E-state index contributed by atoms with van der Waals surface area (Å²) in [5.41, 5.74) is 1.96. The molecule has 1 aliphatic heterocycles. The van der Waals surface area contributed by atoms with Crippen molar-refractivity contribution in [2.24, 2.45) is 7.05 Å². The molecule has 1 aromatic heterocycles. The highest BCUT2D eigenvalue weighted by atomic mass is 15.1. The van der Waals surface area contributed by atoms with Gasteiger partial charge >= 0.3 is 0 Å². The lowest BCUT2D eigenvalue weighted by Gasteiger charge is -2.32. The minimum atomic E-state index is 0.512. The third-order valence-corrected chi connectivity index (χ3v) is 4.19. The molecule has 1 fully saturated rings. The number of hydrogen-bond donors (Lipinski definition) is 0. The van der Waals surface area contributed by atoms with E-state index in [1.54, 1.807) is 0 Å². The number of imidazole rings is 1. The van der Waals surface area contributed by atoms with Crippen molar-refractivity contribution in [1.82, 2.24) is 14.5 Å². The van der Waals surface area contributed by atoms with Crippen LogP contribution in [-0.4, -0.2) is 27.5 Å². The second kappa shape index (κ2) is 6.11. The quantitative estimate of drug-likeness (QED) is 0.868. The maximum atomic E-state index is 8.99. The first-order chi connectivity index (χ1) is 10.3. The molecule has 4 nitrogen and oxygen atoms in total. The lowest BCUT2D eigenvalue weighted by atomic mass is 9.96. The van der Waals surface area contributed by atoms with Crippen LogP contribution in [0.4, 0.5) is 0 Å². The van der Waals surface area contributed by atoms with Gasteiger partial charge in [-0.3, -0.25) is 4.90 Å². The van der Waals surface area contributed by atoms with E-state index in [-0.39, 0.29) is 0 Å². The van der Waals surface area contributed by atoms with Gasteiger partial charge in [-0.25, -0.2) is 4.98 Å². The van der Waals surface area contributed by atoms with Crippen LogP contribution >= 0.6 is 0 Å². The Hall–Kier alpha value is -2.12. The maximum Gasteiger partial charge on any atom is 0.112 e. The lowest BCUT2D eigenvalue weighted by Crippen LogP contribution is -2.34. The fourth-order valence-corrected chi connectivity index (χ4v) is 3.18. The van der Waals surface area contributed by atoms with Crippen LogP contribution < -0.4 is 0 Å². The van der Waals surface area contributed by atoms with Crippen LogP contribution in [0.25, 0.3) is 0 Å². The number of likely N-dealkylation sites (tertiary alicyclic amines) is 1. The number of hydrogen-bond acceptors (Lipinski definition) is 3. The Labute approximate surface area is 125 Å². The molecule has 0 bridgehead atoms. The number of aryl methyl sites for hydroxylation is 1. The van der Waals surface area contributed by atoms with E-state index < -0.39 is 0 Å². The molecule has 0 aliphatic carbocycles. The fraction of sp³-hybridized carbons (Fsp3) is 0.412. The predicted molar refractivity (Wildman–Crippen MR) is 81.6 cm³/mol. The van der Waals surface area contributed by atoms with Crippen LogP contribution in [0.15, 0.2) is 36.7 Å². The first-order valence-electron chi connectivity index (χ1n) is 7.45. The molecule has 0 amide bonds. The summed E-state index contributed by atoms with van der Waals surface area (Å²) in [7, 11) is 2.07. The van der Waals surface area contributed by atoms with Gasteiger partial charge in [0.1, 0.15) is 5.82 Å². The molecule has 3 rings (SSSR count). The molecule has 1 aromatic carbocycles. The molecule has 2 aromatic rings. The molecule has 0 N–H and O–H groups in total. The van der Waals surface area contributed by atoms with Crippen molar-refractivity contribution in [3.63, 3.8) is 0 Å². The van der Waals surface area contributed by atoms with Gasteiger partial charge in [0.15, 0.2) is 0 Å². The first-order valence-corrected chi connectivity index (χ1v) is 7.45. The van der Waals surface area contributed by atoms with Gasteiger partial charge in [0, 0.05) is 38.4 Å². The Morgan fingerprint density at radius 3 is 3.10 bits per heavy atom. The zero-order valence-corrected chi connectivity index (χ0v) is 12.4. The normalized spacial score (nSPS) is 19.3. The number of nitrogens with zero attached hydrogens (tertiary/aromatic N) is 4. The van der Waals surface area contributed by atoms with Gasteiger partial charge in [0.25, 0.3) is 0 Å². The summed E-state index contributed by atoms with van der Waals surface area (Å²) in [6.45, 7) is 3.08. The maximum absolute atomic E-state index is 8.99. The number of piperidine rings is 1. The van der Waals surface area contributed by atoms with E-state index in [1.807, 2.05) is 30.6 Å². The van der Waals surface area contributed by atoms with Crippen molar-refractivity contribution in [1.29, 1.82) is 5.26 Å². The van der Waals surface area contributed by atoms with Crippen molar-refractivity contribution in [3.05, 3.63) is 53.6 Å². The lowest BCUT2D eigenvalue weighted by molar-refractivity contribution is 0.195. The zero-order chi connectivity index (χ0) is 14.7. The summed E-state index contributed by atoms with van der Waals surface area (Å²) in [6.07, 6.45) is 6.31. The molecule has 1 aliphatic rings. The SMILES string of the molecule is Cn1ccnc1[C@H]1CCCN(Cc2cccc(C#N)c2)C1. The average Bonchev–Trinajstić information content (AvgIpc) is 2.94. The third-order valence-electron chi connectivity index (χ3n) is 4.19. The highest BCUT2D eigenvalue weighted by molar-refractivity contribution is 5.32. The second-order valence-corrected chi connectivity index (χ2v) is 5.78. The van der Waals surface area contributed by atoms with E-state index in [4.69, 9.17) is 5.26 Å². The van der Waals surface area contributed by atoms with Crippen LogP contribution in [0, 0.1) is 11.3 Å². The fourth-order valence-electron chi connectivity index (χ4n) is 3.18. The van der Waals surface area contributed by atoms with Crippen LogP contribution in [-0.2, 0) is 13.6 Å². The van der Waals surface area contributed by atoms with Crippen LogP contribution in [0.2, 0.25) is 0 Å². The summed E-state index contributed by atoms with van der Waals surface area (Å²) >= 11 is 0. The van der Waals surface area contributed by atoms with E-state index in [2.05, 4.69) is 33.6 Å². The number of rotatable bonds is 3. The summed E-state index contributed by atoms with van der Waals surface area (Å²) in [6, 6.07) is 10.1. The molecular formula is C17H20N4. The zero-order valence-electron chi connectivity index (χ0n) is 12.4. The van der Waals surface area contributed by atoms with E-state index in [9.17, 15) is 0 Å². The van der Waals surface area contributed by atoms with Crippen molar-refractivity contribution in [2.45, 2.75) is 25.3 Å². The van der Waals surface area contributed by atoms with Gasteiger partial charge in [-0.2, -0.15) is 5.26 Å². The average molecular weight is 280 g/mol. The minimum absolute atomic E-state index is 0.512. The molecule has 21 heavy (non-hydrogen) atoms. The molecular weight excluding hydrogens is 260 g/mol. The van der Waals surface area contributed by atoms with Crippen molar-refractivity contribution in [3.8, 4) is 6.07 Å². The Morgan fingerprint density at radius 1 is 1.43 bits per heavy atom. The van der Waals surface area contributed by atoms with Gasteiger partial charge < -0.3 is 4.57 Å². The molecule has 0 unspecified atom stereocenters. The molecule has 1 atom stereocenters. The third kappa shape index (κ3) is 3.14. The number of nitriles is 1. The largest absolute Gasteiger partial charge is 0.338 e. The minimum Gasteiger partial charge on any atom is -0.338 e. The summed E-state index contributed by atoms with van der Waals surface area (Å²) < 4.78 is 2.13. The Kier molecular flexibility index (Phi) is 4.03. The first kappa shape index (κ1) is 13.8. The van der Waals surface area contributed by atoms with Gasteiger partial charge in [-0.05, 0) is 37.1 Å². The monoisotopic (exact) mass is 280 g/mol. The summed E-state index contributed by atoms with van der Waals surface area (Å²) in [5, 5.41) is 8.99. The standard InChI is InChI=1S/C17H20N4/c1-20-9-7-19-17(20)16-6-3-8-21(13-16)12-15-5-2-4-14(10-15)11-18/h2,4-5,7,9-10,16H,3,6,8,12-13H2,1H3/t16-/m0/s1. The van der Waals surface area contributed by atoms with E-state index >= 15 is 0 Å². The highest BCUT2D eigenvalue weighted by Crippen LogP contribution is 2.26. The molecule has 0 saturated carbocycles.